The van der Waals surface area contributed by atoms with Gasteiger partial charge in [-0.1, -0.05) is 12.8 Å². The lowest BCUT2D eigenvalue weighted by Crippen LogP contribution is -2.20. The lowest BCUT2D eigenvalue weighted by Gasteiger charge is -2.11. The number of ether oxygens (including phenoxy) is 1. The highest BCUT2D eigenvalue weighted by molar-refractivity contribution is 5.92. The van der Waals surface area contributed by atoms with Crippen LogP contribution in [-0.2, 0) is 4.79 Å². The Morgan fingerprint density at radius 3 is 2.43 bits per heavy atom. The quantitative estimate of drug-likeness (QED) is 0.721. The minimum Gasteiger partial charge on any atom is -0.438 e. The smallest absolute Gasteiger partial charge is 0.238 e. The zero-order chi connectivity index (χ0) is 19.5. The van der Waals surface area contributed by atoms with Gasteiger partial charge in [0.15, 0.2) is 5.82 Å². The van der Waals surface area contributed by atoms with E-state index in [1.54, 1.807) is 12.4 Å². The van der Waals surface area contributed by atoms with E-state index in [0.717, 1.165) is 42.8 Å². The van der Waals surface area contributed by atoms with E-state index in [-0.39, 0.29) is 11.8 Å². The van der Waals surface area contributed by atoms with Crippen molar-refractivity contribution >= 4 is 11.6 Å². The Morgan fingerprint density at radius 2 is 1.82 bits per heavy atom. The lowest BCUT2D eigenvalue weighted by molar-refractivity contribution is -0.119. The third kappa shape index (κ3) is 3.88. The van der Waals surface area contributed by atoms with Gasteiger partial charge in [-0.3, -0.25) is 9.36 Å². The van der Waals surface area contributed by atoms with Crippen LogP contribution in [0.25, 0.3) is 5.82 Å². The van der Waals surface area contributed by atoms with Gasteiger partial charge in [-0.2, -0.15) is 0 Å². The summed E-state index contributed by atoms with van der Waals surface area (Å²) in [5.41, 5.74) is 2.76. The van der Waals surface area contributed by atoms with Gasteiger partial charge >= 0.3 is 0 Å². The number of amides is 1. The number of nitrogens with one attached hydrogen (secondary N) is 1. The molecule has 1 fully saturated rings. The zero-order valence-corrected chi connectivity index (χ0v) is 16.1. The monoisotopic (exact) mass is 377 g/mol. The molecule has 1 aliphatic rings. The van der Waals surface area contributed by atoms with Crippen molar-refractivity contribution in [3.05, 3.63) is 54.1 Å². The average molecular weight is 377 g/mol. The molecule has 2 aromatic heterocycles. The molecule has 0 unspecified atom stereocenters. The Morgan fingerprint density at radius 1 is 1.07 bits per heavy atom. The van der Waals surface area contributed by atoms with Crippen LogP contribution >= 0.6 is 0 Å². The van der Waals surface area contributed by atoms with E-state index < -0.39 is 0 Å². The number of imidazole rings is 1. The van der Waals surface area contributed by atoms with E-state index in [1.807, 2.05) is 48.7 Å². The van der Waals surface area contributed by atoms with Gasteiger partial charge in [0.05, 0.1) is 5.69 Å². The van der Waals surface area contributed by atoms with Gasteiger partial charge in [-0.25, -0.2) is 4.98 Å². The highest BCUT2D eigenvalue weighted by atomic mass is 16.5. The molecular weight excluding hydrogens is 354 g/mol. The molecule has 4 rings (SSSR count). The van der Waals surface area contributed by atoms with Crippen molar-refractivity contribution in [3.63, 3.8) is 0 Å². The topological polar surface area (TPSA) is 81.9 Å². The van der Waals surface area contributed by atoms with Crippen LogP contribution in [-0.4, -0.2) is 25.7 Å². The van der Waals surface area contributed by atoms with Crippen LogP contribution in [0.4, 0.5) is 5.69 Å². The number of rotatable bonds is 5. The molecule has 2 heterocycles. The van der Waals surface area contributed by atoms with Gasteiger partial charge < -0.3 is 10.1 Å². The summed E-state index contributed by atoms with van der Waals surface area (Å²) in [6.07, 6.45) is 5.99. The largest absolute Gasteiger partial charge is 0.438 e. The highest BCUT2D eigenvalue weighted by Crippen LogP contribution is 2.27. The molecule has 0 atom stereocenters. The number of carbonyl (C=O) groups is 1. The zero-order valence-electron chi connectivity index (χ0n) is 16.1. The van der Waals surface area contributed by atoms with Crippen LogP contribution in [0.5, 0.6) is 11.6 Å². The van der Waals surface area contributed by atoms with Gasteiger partial charge in [0.2, 0.25) is 11.8 Å². The van der Waals surface area contributed by atoms with Crippen molar-refractivity contribution in [2.75, 3.05) is 5.32 Å². The Labute approximate surface area is 163 Å². The molecule has 7 nitrogen and oxygen atoms in total. The Hall–Kier alpha value is -3.22. The second-order valence-corrected chi connectivity index (χ2v) is 7.11. The molecule has 0 aliphatic heterocycles. The number of aromatic nitrogens is 4. The summed E-state index contributed by atoms with van der Waals surface area (Å²) in [5.74, 6) is 1.98. The molecule has 0 spiro atoms. The molecule has 144 valence electrons. The van der Waals surface area contributed by atoms with Crippen molar-refractivity contribution in [2.24, 2.45) is 5.92 Å². The third-order valence-corrected chi connectivity index (χ3v) is 5.19. The Balaban J connectivity index is 1.39. The SMILES string of the molecule is Cc1ncn(-c2ccc(Oc3ccc(NC(=O)C4CCCC4)cc3)nn2)c1C. The standard InChI is InChI=1S/C21H23N5O2/c1-14-15(2)26(13-22-14)19-11-12-20(25-24-19)28-18-9-7-17(8-10-18)23-21(27)16-5-3-4-6-16/h7-13,16H,3-6H2,1-2H3,(H,23,27). The van der Waals surface area contributed by atoms with E-state index in [9.17, 15) is 4.79 Å². The van der Waals surface area contributed by atoms with Gasteiger partial charge in [0.1, 0.15) is 12.1 Å². The summed E-state index contributed by atoms with van der Waals surface area (Å²) in [6, 6.07) is 10.9. The molecule has 0 saturated heterocycles. The number of benzene rings is 1. The second kappa shape index (κ2) is 7.80. The van der Waals surface area contributed by atoms with E-state index in [1.165, 1.54) is 0 Å². The number of hydrogen-bond donors (Lipinski definition) is 1. The number of nitrogens with zero attached hydrogens (tertiary/aromatic N) is 4. The van der Waals surface area contributed by atoms with Gasteiger partial charge in [-0.05, 0) is 57.0 Å². The maximum Gasteiger partial charge on any atom is 0.238 e. The summed E-state index contributed by atoms with van der Waals surface area (Å²) in [4.78, 5) is 16.5. The number of aryl methyl sites for hydroxylation is 1. The fourth-order valence-corrected chi connectivity index (χ4v) is 3.38. The first-order valence-electron chi connectivity index (χ1n) is 9.53. The van der Waals surface area contributed by atoms with Crippen molar-refractivity contribution in [3.8, 4) is 17.4 Å². The summed E-state index contributed by atoms with van der Waals surface area (Å²) in [5, 5.41) is 11.3. The summed E-state index contributed by atoms with van der Waals surface area (Å²) in [7, 11) is 0. The lowest BCUT2D eigenvalue weighted by atomic mass is 10.1. The number of carbonyl (C=O) groups excluding carboxylic acids is 1. The minimum atomic E-state index is 0.109. The van der Waals surface area contributed by atoms with E-state index >= 15 is 0 Å². The predicted molar refractivity (Wildman–Crippen MR) is 106 cm³/mol. The van der Waals surface area contributed by atoms with Crippen molar-refractivity contribution in [1.82, 2.24) is 19.7 Å². The molecule has 0 bridgehead atoms. The molecule has 1 saturated carbocycles. The maximum atomic E-state index is 12.2. The Bertz CT molecular complexity index is 957. The number of hydrogen-bond acceptors (Lipinski definition) is 5. The second-order valence-electron chi connectivity index (χ2n) is 7.11. The first-order chi connectivity index (χ1) is 13.6. The van der Waals surface area contributed by atoms with Crippen LogP contribution in [0.2, 0.25) is 0 Å². The molecule has 0 radical (unpaired) electrons. The maximum absolute atomic E-state index is 12.2. The van der Waals surface area contributed by atoms with Crippen LogP contribution in [0.1, 0.15) is 37.1 Å². The summed E-state index contributed by atoms with van der Waals surface area (Å²) < 4.78 is 7.64. The molecule has 3 aromatic rings. The van der Waals surface area contributed by atoms with Crippen molar-refractivity contribution < 1.29 is 9.53 Å². The third-order valence-electron chi connectivity index (χ3n) is 5.19. The van der Waals surface area contributed by atoms with Crippen LogP contribution < -0.4 is 10.1 Å². The molecule has 1 amide bonds. The summed E-state index contributed by atoms with van der Waals surface area (Å²) >= 11 is 0. The molecule has 1 N–H and O–H groups in total. The normalized spacial score (nSPS) is 14.2. The van der Waals surface area contributed by atoms with E-state index in [2.05, 4.69) is 20.5 Å². The predicted octanol–water partition coefficient (Wildman–Crippen LogP) is 4.20. The number of anilines is 1. The average Bonchev–Trinajstić information content (AvgIpc) is 3.35. The molecule has 28 heavy (non-hydrogen) atoms. The first kappa shape index (κ1) is 18.2. The van der Waals surface area contributed by atoms with Gasteiger partial charge in [0, 0.05) is 23.4 Å². The molecule has 1 aromatic carbocycles. The highest BCUT2D eigenvalue weighted by Gasteiger charge is 2.22. The van der Waals surface area contributed by atoms with Gasteiger partial charge in [0.25, 0.3) is 0 Å². The van der Waals surface area contributed by atoms with Gasteiger partial charge in [-0.15, -0.1) is 10.2 Å². The molecule has 1 aliphatic carbocycles. The fourth-order valence-electron chi connectivity index (χ4n) is 3.38. The fraction of sp³-hybridized carbons (Fsp3) is 0.333. The summed E-state index contributed by atoms with van der Waals surface area (Å²) in [6.45, 7) is 3.94. The molecule has 7 heteroatoms. The van der Waals surface area contributed by atoms with Crippen LogP contribution in [0, 0.1) is 19.8 Å². The minimum absolute atomic E-state index is 0.109. The van der Waals surface area contributed by atoms with E-state index in [0.29, 0.717) is 17.4 Å². The van der Waals surface area contributed by atoms with Crippen LogP contribution in [0.15, 0.2) is 42.7 Å². The molecular formula is C21H23N5O2. The van der Waals surface area contributed by atoms with Crippen LogP contribution in [0.3, 0.4) is 0 Å². The Kier molecular flexibility index (Phi) is 5.06. The first-order valence-corrected chi connectivity index (χ1v) is 9.53. The van der Waals surface area contributed by atoms with Crippen molar-refractivity contribution in [1.29, 1.82) is 0 Å². The van der Waals surface area contributed by atoms with E-state index in [4.69, 9.17) is 4.74 Å². The van der Waals surface area contributed by atoms with Crippen molar-refractivity contribution in [2.45, 2.75) is 39.5 Å².